The maximum atomic E-state index is 12.7. The Morgan fingerprint density at radius 2 is 1.96 bits per heavy atom. The van der Waals surface area contributed by atoms with E-state index >= 15 is 0 Å². The standard InChI is InChI=1S/C20H25ClN4O2S/c1-3-13(4-2)18-23-24-20(28-18)22-17(26)15-6-5-11-25(12-15)19(27)14-7-9-16(21)10-8-14/h7-10,13,15H,3-6,11-12H2,1-2H3,(H,22,24,26). The lowest BCUT2D eigenvalue weighted by Crippen LogP contribution is -2.43. The monoisotopic (exact) mass is 420 g/mol. The molecule has 0 spiro atoms. The Morgan fingerprint density at radius 1 is 1.25 bits per heavy atom. The molecule has 6 nitrogen and oxygen atoms in total. The number of piperidine rings is 1. The summed E-state index contributed by atoms with van der Waals surface area (Å²) in [7, 11) is 0. The van der Waals surface area contributed by atoms with Crippen LogP contribution in [0.3, 0.4) is 0 Å². The highest BCUT2D eigenvalue weighted by atomic mass is 35.5. The second kappa shape index (κ2) is 9.47. The molecule has 0 saturated carbocycles. The van der Waals surface area contributed by atoms with E-state index in [-0.39, 0.29) is 17.7 Å². The minimum absolute atomic E-state index is 0.0684. The van der Waals surface area contributed by atoms with Crippen LogP contribution in [0.2, 0.25) is 5.02 Å². The lowest BCUT2D eigenvalue weighted by Gasteiger charge is -2.32. The summed E-state index contributed by atoms with van der Waals surface area (Å²) in [5.74, 6) is -0.0298. The number of anilines is 1. The summed E-state index contributed by atoms with van der Waals surface area (Å²) in [6.07, 6.45) is 3.56. The first-order chi connectivity index (χ1) is 13.5. The number of halogens is 1. The van der Waals surface area contributed by atoms with Crippen LogP contribution >= 0.6 is 22.9 Å². The molecule has 1 aliphatic heterocycles. The highest BCUT2D eigenvalue weighted by Gasteiger charge is 2.29. The molecule has 2 amide bonds. The molecule has 0 aliphatic carbocycles. The Balaban J connectivity index is 1.61. The van der Waals surface area contributed by atoms with Gasteiger partial charge in [0.15, 0.2) is 0 Å². The van der Waals surface area contributed by atoms with E-state index in [4.69, 9.17) is 11.6 Å². The van der Waals surface area contributed by atoms with E-state index in [0.717, 1.165) is 30.7 Å². The molecule has 28 heavy (non-hydrogen) atoms. The first-order valence-corrected chi connectivity index (χ1v) is 10.9. The van der Waals surface area contributed by atoms with Crippen LogP contribution < -0.4 is 5.32 Å². The van der Waals surface area contributed by atoms with Crippen LogP contribution in [0.1, 0.15) is 60.8 Å². The zero-order chi connectivity index (χ0) is 20.1. The van der Waals surface area contributed by atoms with Gasteiger partial charge in [0.05, 0.1) is 5.92 Å². The molecule has 1 atom stereocenters. The fourth-order valence-electron chi connectivity index (χ4n) is 3.45. The van der Waals surface area contributed by atoms with Gasteiger partial charge < -0.3 is 10.2 Å². The van der Waals surface area contributed by atoms with Crippen molar-refractivity contribution in [1.82, 2.24) is 15.1 Å². The van der Waals surface area contributed by atoms with E-state index in [1.807, 2.05) is 0 Å². The third-order valence-electron chi connectivity index (χ3n) is 5.18. The van der Waals surface area contributed by atoms with Crippen molar-refractivity contribution in [3.8, 4) is 0 Å². The van der Waals surface area contributed by atoms with Gasteiger partial charge in [-0.2, -0.15) is 0 Å². The number of likely N-dealkylation sites (tertiary alicyclic amines) is 1. The van der Waals surface area contributed by atoms with Crippen molar-refractivity contribution in [2.24, 2.45) is 5.92 Å². The van der Waals surface area contributed by atoms with Crippen molar-refractivity contribution in [2.75, 3.05) is 18.4 Å². The summed E-state index contributed by atoms with van der Waals surface area (Å²) in [5.41, 5.74) is 0.587. The maximum absolute atomic E-state index is 12.7. The molecule has 2 aromatic rings. The van der Waals surface area contributed by atoms with Gasteiger partial charge >= 0.3 is 0 Å². The lowest BCUT2D eigenvalue weighted by molar-refractivity contribution is -0.121. The molecule has 8 heteroatoms. The summed E-state index contributed by atoms with van der Waals surface area (Å²) in [4.78, 5) is 27.2. The first kappa shape index (κ1) is 20.7. The normalized spacial score (nSPS) is 17.0. The Kier molecular flexibility index (Phi) is 7.02. The van der Waals surface area contributed by atoms with E-state index < -0.39 is 0 Å². The first-order valence-electron chi connectivity index (χ1n) is 9.70. The predicted molar refractivity (Wildman–Crippen MR) is 112 cm³/mol. The van der Waals surface area contributed by atoms with Crippen LogP contribution in [-0.4, -0.2) is 40.0 Å². The Morgan fingerprint density at radius 3 is 2.64 bits per heavy atom. The van der Waals surface area contributed by atoms with Gasteiger partial charge in [-0.05, 0) is 49.9 Å². The van der Waals surface area contributed by atoms with Crippen LogP contribution in [0.15, 0.2) is 24.3 Å². The number of nitrogens with one attached hydrogen (secondary N) is 1. The molecule has 0 bridgehead atoms. The molecular formula is C20H25ClN4O2S. The van der Waals surface area contributed by atoms with Crippen molar-refractivity contribution in [1.29, 1.82) is 0 Å². The third kappa shape index (κ3) is 4.89. The summed E-state index contributed by atoms with van der Waals surface area (Å²) in [6.45, 7) is 5.32. The number of carbonyl (C=O) groups excluding carboxylic acids is 2. The minimum atomic E-state index is -0.245. The highest BCUT2D eigenvalue weighted by Crippen LogP contribution is 2.29. The smallest absolute Gasteiger partial charge is 0.253 e. The fraction of sp³-hybridized carbons (Fsp3) is 0.500. The van der Waals surface area contributed by atoms with Crippen molar-refractivity contribution in [2.45, 2.75) is 45.4 Å². The second-order valence-electron chi connectivity index (χ2n) is 7.05. The summed E-state index contributed by atoms with van der Waals surface area (Å²) in [5, 5.41) is 13.3. The maximum Gasteiger partial charge on any atom is 0.253 e. The van der Waals surface area contributed by atoms with Gasteiger partial charge in [-0.15, -0.1) is 10.2 Å². The van der Waals surface area contributed by atoms with Crippen LogP contribution in [0.4, 0.5) is 5.13 Å². The lowest BCUT2D eigenvalue weighted by atomic mass is 9.96. The number of hydrogen-bond acceptors (Lipinski definition) is 5. The highest BCUT2D eigenvalue weighted by molar-refractivity contribution is 7.15. The van der Waals surface area contributed by atoms with Crippen LogP contribution in [0, 0.1) is 5.92 Å². The summed E-state index contributed by atoms with van der Waals surface area (Å²) in [6, 6.07) is 6.84. The zero-order valence-corrected chi connectivity index (χ0v) is 17.7. The van der Waals surface area contributed by atoms with Gasteiger partial charge in [0.2, 0.25) is 11.0 Å². The average Bonchev–Trinajstić information content (AvgIpc) is 3.17. The molecule has 150 valence electrons. The van der Waals surface area contributed by atoms with E-state index in [2.05, 4.69) is 29.4 Å². The van der Waals surface area contributed by atoms with Crippen molar-refractivity contribution < 1.29 is 9.59 Å². The van der Waals surface area contributed by atoms with Gasteiger partial charge in [0.25, 0.3) is 5.91 Å². The fourth-order valence-corrected chi connectivity index (χ4v) is 4.59. The molecule has 1 aromatic heterocycles. The van der Waals surface area contributed by atoms with E-state index in [1.54, 1.807) is 29.2 Å². The number of amides is 2. The number of aromatic nitrogens is 2. The van der Waals surface area contributed by atoms with E-state index in [9.17, 15) is 9.59 Å². The van der Waals surface area contributed by atoms with Crippen molar-refractivity contribution in [3.63, 3.8) is 0 Å². The average molecular weight is 421 g/mol. The number of benzene rings is 1. The predicted octanol–water partition coefficient (Wildman–Crippen LogP) is 4.59. The van der Waals surface area contributed by atoms with Gasteiger partial charge in [0.1, 0.15) is 5.01 Å². The van der Waals surface area contributed by atoms with Crippen molar-refractivity contribution >= 4 is 39.9 Å². The summed E-state index contributed by atoms with van der Waals surface area (Å²) < 4.78 is 0. The van der Waals surface area contributed by atoms with Gasteiger partial charge in [-0.3, -0.25) is 9.59 Å². The van der Waals surface area contributed by atoms with E-state index in [0.29, 0.717) is 34.7 Å². The molecule has 1 fully saturated rings. The van der Waals surface area contributed by atoms with Crippen LogP contribution in [0.25, 0.3) is 0 Å². The zero-order valence-electron chi connectivity index (χ0n) is 16.2. The third-order valence-corrected chi connectivity index (χ3v) is 6.43. The summed E-state index contributed by atoms with van der Waals surface area (Å²) >= 11 is 7.34. The quantitative estimate of drug-likeness (QED) is 0.741. The van der Waals surface area contributed by atoms with E-state index in [1.165, 1.54) is 11.3 Å². The Labute approximate surface area is 174 Å². The minimum Gasteiger partial charge on any atom is -0.338 e. The second-order valence-corrected chi connectivity index (χ2v) is 8.49. The molecule has 1 aliphatic rings. The van der Waals surface area contributed by atoms with Crippen LogP contribution in [0.5, 0.6) is 0 Å². The molecule has 0 radical (unpaired) electrons. The van der Waals surface area contributed by atoms with Crippen LogP contribution in [-0.2, 0) is 4.79 Å². The SMILES string of the molecule is CCC(CC)c1nnc(NC(=O)C2CCCN(C(=O)c3ccc(Cl)cc3)C2)s1. The molecule has 1 unspecified atom stereocenters. The Bertz CT molecular complexity index is 820. The molecule has 3 rings (SSSR count). The van der Waals surface area contributed by atoms with Gasteiger partial charge in [-0.25, -0.2) is 0 Å². The van der Waals surface area contributed by atoms with Gasteiger partial charge in [0, 0.05) is 29.6 Å². The molecule has 1 saturated heterocycles. The topological polar surface area (TPSA) is 75.2 Å². The Hall–Kier alpha value is -1.99. The largest absolute Gasteiger partial charge is 0.338 e. The number of rotatable bonds is 6. The molecule has 1 aromatic carbocycles. The number of hydrogen-bond donors (Lipinski definition) is 1. The van der Waals surface area contributed by atoms with Gasteiger partial charge in [-0.1, -0.05) is 36.8 Å². The molecule has 1 N–H and O–H groups in total. The molecule has 2 heterocycles. The molecular weight excluding hydrogens is 396 g/mol. The number of carbonyl (C=O) groups is 2. The number of nitrogens with zero attached hydrogens (tertiary/aromatic N) is 3. The van der Waals surface area contributed by atoms with Crippen molar-refractivity contribution in [3.05, 3.63) is 39.9 Å².